The molecule has 2 N–H and O–H groups in total. The SMILES string of the molecule is C=CC(=O)NOC(CC)[N+](C)(C)C.[OH-]. The highest BCUT2D eigenvalue weighted by Crippen LogP contribution is 2.06. The third-order valence-corrected chi connectivity index (χ3v) is 1.69. The lowest BCUT2D eigenvalue weighted by Gasteiger charge is -2.32. The summed E-state index contributed by atoms with van der Waals surface area (Å²) in [4.78, 5) is 16.0. The Morgan fingerprint density at radius 2 is 2.07 bits per heavy atom. The second kappa shape index (κ2) is 6.53. The van der Waals surface area contributed by atoms with Crippen LogP contribution < -0.4 is 5.48 Å². The van der Waals surface area contributed by atoms with Gasteiger partial charge in [-0.1, -0.05) is 13.5 Å². The van der Waals surface area contributed by atoms with Crippen molar-refractivity contribution in [2.75, 3.05) is 21.1 Å². The fraction of sp³-hybridized carbons (Fsp3) is 0.667. The van der Waals surface area contributed by atoms with E-state index in [1.165, 1.54) is 6.08 Å². The predicted octanol–water partition coefficient (Wildman–Crippen LogP) is 0.486. The normalized spacial score (nSPS) is 12.6. The maximum absolute atomic E-state index is 10.8. The first-order chi connectivity index (χ1) is 5.91. The summed E-state index contributed by atoms with van der Waals surface area (Å²) in [6, 6.07) is 0. The summed E-state index contributed by atoms with van der Waals surface area (Å²) in [6.45, 7) is 5.34. The number of hydrogen-bond acceptors (Lipinski definition) is 3. The van der Waals surface area contributed by atoms with Gasteiger partial charge >= 0.3 is 0 Å². The third-order valence-electron chi connectivity index (χ3n) is 1.69. The van der Waals surface area contributed by atoms with Gasteiger partial charge in [-0.25, -0.2) is 10.3 Å². The first kappa shape index (κ1) is 15.6. The molecule has 0 rings (SSSR count). The van der Waals surface area contributed by atoms with Gasteiger partial charge in [0.25, 0.3) is 5.91 Å². The van der Waals surface area contributed by atoms with Gasteiger partial charge in [-0.3, -0.25) is 4.79 Å². The minimum atomic E-state index is -0.313. The van der Waals surface area contributed by atoms with E-state index in [1.807, 2.05) is 28.1 Å². The summed E-state index contributed by atoms with van der Waals surface area (Å²) in [7, 11) is 6.02. The van der Waals surface area contributed by atoms with Crippen LogP contribution in [0.1, 0.15) is 13.3 Å². The molecule has 5 heteroatoms. The molecular weight excluding hydrogens is 184 g/mol. The molecule has 0 heterocycles. The third kappa shape index (κ3) is 5.69. The quantitative estimate of drug-likeness (QED) is 0.306. The number of rotatable bonds is 5. The van der Waals surface area contributed by atoms with Gasteiger partial charge in [0, 0.05) is 6.42 Å². The molecule has 0 spiro atoms. The molecule has 0 radical (unpaired) electrons. The molecule has 0 aliphatic carbocycles. The van der Waals surface area contributed by atoms with E-state index < -0.39 is 0 Å². The fourth-order valence-corrected chi connectivity index (χ4v) is 0.957. The van der Waals surface area contributed by atoms with E-state index in [0.29, 0.717) is 4.48 Å². The number of quaternary nitrogens is 1. The Labute approximate surface area is 85.2 Å². The lowest BCUT2D eigenvalue weighted by molar-refractivity contribution is -0.921. The van der Waals surface area contributed by atoms with E-state index in [9.17, 15) is 4.79 Å². The van der Waals surface area contributed by atoms with Crippen LogP contribution in [-0.2, 0) is 9.63 Å². The van der Waals surface area contributed by atoms with Crippen molar-refractivity contribution in [2.24, 2.45) is 0 Å². The molecule has 14 heavy (non-hydrogen) atoms. The van der Waals surface area contributed by atoms with Crippen LogP contribution in [0, 0.1) is 0 Å². The van der Waals surface area contributed by atoms with Crippen LogP contribution in [0.4, 0.5) is 0 Å². The summed E-state index contributed by atoms with van der Waals surface area (Å²) in [5.41, 5.74) is 2.32. The Kier molecular flexibility index (Phi) is 7.26. The highest BCUT2D eigenvalue weighted by atomic mass is 16.7. The zero-order valence-corrected chi connectivity index (χ0v) is 9.28. The van der Waals surface area contributed by atoms with Crippen LogP contribution in [0.2, 0.25) is 0 Å². The van der Waals surface area contributed by atoms with Gasteiger partial charge in [-0.15, -0.1) is 0 Å². The molecule has 0 fully saturated rings. The molecule has 0 aliphatic heterocycles. The summed E-state index contributed by atoms with van der Waals surface area (Å²) in [5, 5.41) is 0. The first-order valence-electron chi connectivity index (χ1n) is 4.31. The van der Waals surface area contributed by atoms with E-state index >= 15 is 0 Å². The summed E-state index contributed by atoms with van der Waals surface area (Å²) in [6.07, 6.45) is 1.98. The number of hydroxylamine groups is 1. The molecule has 0 aromatic heterocycles. The molecule has 0 saturated heterocycles. The van der Waals surface area contributed by atoms with Gasteiger partial charge in [-0.2, -0.15) is 0 Å². The van der Waals surface area contributed by atoms with Gasteiger partial charge in [0.15, 0.2) is 0 Å². The highest BCUT2D eigenvalue weighted by Gasteiger charge is 2.23. The van der Waals surface area contributed by atoms with Crippen LogP contribution >= 0.6 is 0 Å². The maximum atomic E-state index is 10.8. The molecule has 84 valence electrons. The number of carbonyl (C=O) groups excluding carboxylic acids is 1. The Morgan fingerprint density at radius 3 is 2.36 bits per heavy atom. The molecule has 0 aliphatic rings. The molecular formula is C9H20N2O3. The van der Waals surface area contributed by atoms with Crippen LogP contribution in [0.15, 0.2) is 12.7 Å². The Hall–Kier alpha value is -0.910. The predicted molar refractivity (Wildman–Crippen MR) is 53.5 cm³/mol. The molecule has 0 bridgehead atoms. The molecule has 0 aromatic rings. The van der Waals surface area contributed by atoms with Crippen molar-refractivity contribution >= 4 is 5.91 Å². The lowest BCUT2D eigenvalue weighted by Crippen LogP contribution is -2.49. The van der Waals surface area contributed by atoms with Gasteiger partial charge in [-0.05, 0) is 6.08 Å². The van der Waals surface area contributed by atoms with Crippen LogP contribution in [0.25, 0.3) is 0 Å². The van der Waals surface area contributed by atoms with Crippen molar-refractivity contribution in [3.8, 4) is 0 Å². The Balaban J connectivity index is 0. The smallest absolute Gasteiger partial charge is 0.267 e. The minimum absolute atomic E-state index is 0. The summed E-state index contributed by atoms with van der Waals surface area (Å²) in [5.74, 6) is -0.313. The molecule has 1 amide bonds. The number of nitrogens with zero attached hydrogens (tertiary/aromatic N) is 1. The monoisotopic (exact) mass is 204 g/mol. The molecule has 1 unspecified atom stereocenters. The average molecular weight is 204 g/mol. The fourth-order valence-electron chi connectivity index (χ4n) is 0.957. The van der Waals surface area contributed by atoms with E-state index in [4.69, 9.17) is 4.84 Å². The van der Waals surface area contributed by atoms with E-state index in [-0.39, 0.29) is 17.6 Å². The zero-order valence-electron chi connectivity index (χ0n) is 9.28. The largest absolute Gasteiger partial charge is 0.870 e. The number of amides is 1. The minimum Gasteiger partial charge on any atom is -0.870 e. The highest BCUT2D eigenvalue weighted by molar-refractivity contribution is 5.85. The molecule has 0 saturated carbocycles. The average Bonchev–Trinajstić information content (AvgIpc) is 2.02. The summed E-state index contributed by atoms with van der Waals surface area (Å²) >= 11 is 0. The van der Waals surface area contributed by atoms with Crippen molar-refractivity contribution in [2.45, 2.75) is 19.6 Å². The van der Waals surface area contributed by atoms with Crippen LogP contribution in [-0.4, -0.2) is 43.2 Å². The Morgan fingerprint density at radius 1 is 1.57 bits per heavy atom. The van der Waals surface area contributed by atoms with Crippen molar-refractivity contribution in [1.29, 1.82) is 0 Å². The maximum Gasteiger partial charge on any atom is 0.267 e. The lowest BCUT2D eigenvalue weighted by atomic mass is 10.3. The number of nitrogens with one attached hydrogen (secondary N) is 1. The molecule has 0 aromatic carbocycles. The zero-order chi connectivity index (χ0) is 10.5. The van der Waals surface area contributed by atoms with Crippen LogP contribution in [0.5, 0.6) is 0 Å². The van der Waals surface area contributed by atoms with Crippen molar-refractivity contribution in [1.82, 2.24) is 5.48 Å². The standard InChI is InChI=1S/C9H18N2O2.H2O/c1-6-8(12)10-13-9(7-2)11(3,4)5;/h6,9H,1,7H2,2-5H3;1H2. The number of carbonyl (C=O) groups is 1. The van der Waals surface area contributed by atoms with Gasteiger partial charge in [0.2, 0.25) is 6.23 Å². The first-order valence-corrected chi connectivity index (χ1v) is 4.31. The number of hydrogen-bond donors (Lipinski definition) is 1. The second-order valence-corrected chi connectivity index (χ2v) is 3.77. The topological polar surface area (TPSA) is 68.3 Å². The van der Waals surface area contributed by atoms with Crippen molar-refractivity contribution in [3.05, 3.63) is 12.7 Å². The van der Waals surface area contributed by atoms with E-state index in [2.05, 4.69) is 12.1 Å². The Bertz CT molecular complexity index is 187. The van der Waals surface area contributed by atoms with Crippen molar-refractivity contribution < 1.29 is 19.6 Å². The van der Waals surface area contributed by atoms with Crippen molar-refractivity contribution in [3.63, 3.8) is 0 Å². The second-order valence-electron chi connectivity index (χ2n) is 3.77. The van der Waals surface area contributed by atoms with Gasteiger partial charge < -0.3 is 9.96 Å². The van der Waals surface area contributed by atoms with Gasteiger partial charge in [0.1, 0.15) is 0 Å². The van der Waals surface area contributed by atoms with E-state index in [1.54, 1.807) is 0 Å². The summed E-state index contributed by atoms with van der Waals surface area (Å²) < 4.78 is 0.647. The molecule has 1 atom stereocenters. The van der Waals surface area contributed by atoms with Gasteiger partial charge in [0.05, 0.1) is 21.1 Å². The van der Waals surface area contributed by atoms with E-state index in [0.717, 1.165) is 6.42 Å². The molecule has 5 nitrogen and oxygen atoms in total. The van der Waals surface area contributed by atoms with Crippen LogP contribution in [0.3, 0.4) is 0 Å².